The van der Waals surface area contributed by atoms with E-state index in [-0.39, 0.29) is 6.42 Å². The molecule has 11 heteroatoms. The number of aliphatic hydroxyl groups is 7. The van der Waals surface area contributed by atoms with Gasteiger partial charge in [0, 0.05) is 0 Å². The van der Waals surface area contributed by atoms with Gasteiger partial charge in [-0.2, -0.15) is 0 Å². The van der Waals surface area contributed by atoms with Gasteiger partial charge in [-0.3, -0.25) is 4.79 Å². The molecule has 1 rings (SSSR count). The highest BCUT2D eigenvalue weighted by Gasteiger charge is 2.44. The summed E-state index contributed by atoms with van der Waals surface area (Å²) in [5.41, 5.74) is 0. The van der Waals surface area contributed by atoms with Crippen LogP contribution in [0.15, 0.2) is 12.2 Å². The zero-order valence-electron chi connectivity index (χ0n) is 46.9. The van der Waals surface area contributed by atoms with Gasteiger partial charge in [-0.25, -0.2) is 0 Å². The molecule has 1 fully saturated rings. The summed E-state index contributed by atoms with van der Waals surface area (Å²) in [6.45, 7) is 3.49. The smallest absolute Gasteiger partial charge is 0.249 e. The molecule has 0 radical (unpaired) electrons. The van der Waals surface area contributed by atoms with Crippen LogP contribution in [0.25, 0.3) is 0 Å². The number of carbonyl (C=O) groups is 1. The molecule has 428 valence electrons. The van der Waals surface area contributed by atoms with E-state index in [4.69, 9.17) is 9.47 Å². The van der Waals surface area contributed by atoms with Gasteiger partial charge in [0.2, 0.25) is 5.91 Å². The van der Waals surface area contributed by atoms with Gasteiger partial charge in [0.05, 0.1) is 25.4 Å². The normalized spacial score (nSPS) is 20.0. The predicted molar refractivity (Wildman–Crippen MR) is 298 cm³/mol. The molecule has 0 bridgehead atoms. The predicted octanol–water partition coefficient (Wildman–Crippen LogP) is 13.5. The first-order chi connectivity index (χ1) is 35.2. The van der Waals surface area contributed by atoms with E-state index in [0.717, 1.165) is 51.4 Å². The third-order valence-corrected chi connectivity index (χ3v) is 15.3. The second-order valence-electron chi connectivity index (χ2n) is 22.1. The van der Waals surface area contributed by atoms with Crippen molar-refractivity contribution in [1.82, 2.24) is 5.32 Å². The molecule has 0 saturated carbocycles. The van der Waals surface area contributed by atoms with Gasteiger partial charge in [0.25, 0.3) is 0 Å². The van der Waals surface area contributed by atoms with Crippen LogP contribution in [0, 0.1) is 0 Å². The highest BCUT2D eigenvalue weighted by Crippen LogP contribution is 2.24. The van der Waals surface area contributed by atoms with E-state index in [2.05, 4.69) is 31.3 Å². The van der Waals surface area contributed by atoms with Gasteiger partial charge in [0.1, 0.15) is 36.6 Å². The Balaban J connectivity index is 2.24. The maximum Gasteiger partial charge on any atom is 0.249 e. The lowest BCUT2D eigenvalue weighted by Crippen LogP contribution is -2.60. The van der Waals surface area contributed by atoms with Gasteiger partial charge >= 0.3 is 0 Å². The van der Waals surface area contributed by atoms with Crippen LogP contribution in [0.3, 0.4) is 0 Å². The number of amides is 1. The Morgan fingerprint density at radius 1 is 0.472 bits per heavy atom. The van der Waals surface area contributed by atoms with Crippen molar-refractivity contribution in [3.63, 3.8) is 0 Å². The Kier molecular flexibility index (Phi) is 48.4. The van der Waals surface area contributed by atoms with Crippen LogP contribution in [-0.4, -0.2) is 110 Å². The average molecular weight is 1030 g/mol. The highest BCUT2D eigenvalue weighted by molar-refractivity contribution is 5.80. The Morgan fingerprint density at radius 2 is 0.806 bits per heavy atom. The van der Waals surface area contributed by atoms with Crippen molar-refractivity contribution in [3.05, 3.63) is 12.2 Å². The molecule has 9 unspecified atom stereocenters. The van der Waals surface area contributed by atoms with Gasteiger partial charge in [-0.05, 0) is 38.5 Å². The van der Waals surface area contributed by atoms with Crippen molar-refractivity contribution in [3.8, 4) is 0 Å². The van der Waals surface area contributed by atoms with Crippen LogP contribution in [-0.2, 0) is 14.3 Å². The number of carbonyl (C=O) groups excluding carboxylic acids is 1. The summed E-state index contributed by atoms with van der Waals surface area (Å²) in [5, 5.41) is 76.2. The van der Waals surface area contributed by atoms with E-state index in [1.807, 2.05) is 0 Å². The van der Waals surface area contributed by atoms with E-state index in [1.54, 1.807) is 0 Å². The summed E-state index contributed by atoms with van der Waals surface area (Å²) in [6.07, 6.45) is 48.5. The van der Waals surface area contributed by atoms with E-state index >= 15 is 0 Å². The minimum absolute atomic E-state index is 0.249. The minimum Gasteiger partial charge on any atom is -0.394 e. The van der Waals surface area contributed by atoms with Crippen LogP contribution >= 0.6 is 0 Å². The Bertz CT molecular complexity index is 1180. The molecule has 8 N–H and O–H groups in total. The minimum atomic E-state index is -1.66. The molecule has 72 heavy (non-hydrogen) atoms. The monoisotopic (exact) mass is 1030 g/mol. The lowest BCUT2D eigenvalue weighted by molar-refractivity contribution is -0.303. The standard InChI is InChI=1S/C61H119NO10/c1-3-5-7-9-11-13-15-17-19-21-22-23-24-25-26-27-28-29-30-31-33-34-36-38-40-42-44-46-48-53(64)56(66)52(51-71-61-59(69)58(68)57(67)55(50-63)72-61)62-60(70)54(65)49-47-45-43-41-39-37-35-32-20-18-16-14-12-10-8-6-4-2/h35,37,52-59,61,63-69H,3-34,36,38-51H2,1-2H3,(H,62,70)/b37-35-. The molecule has 1 aliphatic heterocycles. The molecule has 11 nitrogen and oxygen atoms in total. The van der Waals surface area contributed by atoms with Crippen molar-refractivity contribution < 1.29 is 50.0 Å². The zero-order valence-corrected chi connectivity index (χ0v) is 46.9. The second-order valence-corrected chi connectivity index (χ2v) is 22.1. The maximum absolute atomic E-state index is 13.2. The average Bonchev–Trinajstić information content (AvgIpc) is 3.38. The number of hydrogen-bond acceptors (Lipinski definition) is 10. The Morgan fingerprint density at radius 3 is 1.17 bits per heavy atom. The first kappa shape index (κ1) is 68.9. The number of nitrogens with one attached hydrogen (secondary N) is 1. The Labute approximate surface area is 442 Å². The highest BCUT2D eigenvalue weighted by atomic mass is 16.7. The molecule has 0 aromatic carbocycles. The summed E-state index contributed by atoms with van der Waals surface area (Å²) in [5.74, 6) is -0.700. The van der Waals surface area contributed by atoms with E-state index in [1.165, 1.54) is 212 Å². The van der Waals surface area contributed by atoms with Gasteiger partial charge in [-0.1, -0.05) is 276 Å². The lowest BCUT2D eigenvalue weighted by Gasteiger charge is -2.40. The van der Waals surface area contributed by atoms with E-state index in [9.17, 15) is 40.5 Å². The van der Waals surface area contributed by atoms with E-state index < -0.39 is 74.2 Å². The fourth-order valence-electron chi connectivity index (χ4n) is 10.3. The third kappa shape index (κ3) is 38.4. The number of rotatable bonds is 54. The fraction of sp³-hybridized carbons (Fsp3) is 0.951. The summed E-state index contributed by atoms with van der Waals surface area (Å²) in [6, 6.07) is -1.17. The summed E-state index contributed by atoms with van der Waals surface area (Å²) >= 11 is 0. The number of ether oxygens (including phenoxy) is 2. The number of hydrogen-bond donors (Lipinski definition) is 8. The maximum atomic E-state index is 13.2. The fourth-order valence-corrected chi connectivity index (χ4v) is 10.3. The molecule has 0 spiro atoms. The second kappa shape index (κ2) is 50.7. The molecule has 1 heterocycles. The zero-order chi connectivity index (χ0) is 52.5. The number of unbranched alkanes of at least 4 members (excludes halogenated alkanes) is 40. The molecule has 0 aromatic heterocycles. The van der Waals surface area contributed by atoms with Crippen molar-refractivity contribution in [2.45, 2.75) is 358 Å². The molecular weight excluding hydrogens is 907 g/mol. The molecule has 9 atom stereocenters. The van der Waals surface area contributed by atoms with Crippen LogP contribution in [0.5, 0.6) is 0 Å². The van der Waals surface area contributed by atoms with Crippen molar-refractivity contribution >= 4 is 5.91 Å². The summed E-state index contributed by atoms with van der Waals surface area (Å²) in [4.78, 5) is 13.2. The van der Waals surface area contributed by atoms with Crippen LogP contribution in [0.2, 0.25) is 0 Å². The molecule has 1 aliphatic rings. The molecular formula is C61H119NO10. The van der Waals surface area contributed by atoms with Crippen molar-refractivity contribution in [2.24, 2.45) is 0 Å². The quantitative estimate of drug-likeness (QED) is 0.0215. The molecule has 1 amide bonds. The first-order valence-corrected chi connectivity index (χ1v) is 31.1. The molecule has 0 aliphatic carbocycles. The molecule has 1 saturated heterocycles. The number of allylic oxidation sites excluding steroid dienone is 2. The van der Waals surface area contributed by atoms with Gasteiger partial charge in [0.15, 0.2) is 6.29 Å². The van der Waals surface area contributed by atoms with Crippen molar-refractivity contribution in [1.29, 1.82) is 0 Å². The van der Waals surface area contributed by atoms with E-state index in [0.29, 0.717) is 19.3 Å². The van der Waals surface area contributed by atoms with Crippen LogP contribution in [0.4, 0.5) is 0 Å². The summed E-state index contributed by atoms with van der Waals surface area (Å²) in [7, 11) is 0. The lowest BCUT2D eigenvalue weighted by atomic mass is 9.98. The Hall–Kier alpha value is -1.15. The SMILES string of the molecule is CCCCCCCCCCC/C=C\CCCCCCC(O)C(=O)NC(COC1OC(CO)C(O)C(O)C1O)C(O)C(O)CCCCCCCCCCCCCCCCCCCCCCCCCCCCCC. The number of aliphatic hydroxyl groups excluding tert-OH is 7. The molecule has 0 aromatic rings. The largest absolute Gasteiger partial charge is 0.394 e. The van der Waals surface area contributed by atoms with Crippen LogP contribution in [0.1, 0.15) is 303 Å². The topological polar surface area (TPSA) is 189 Å². The van der Waals surface area contributed by atoms with Crippen LogP contribution < -0.4 is 5.32 Å². The first-order valence-electron chi connectivity index (χ1n) is 31.1. The van der Waals surface area contributed by atoms with Crippen molar-refractivity contribution in [2.75, 3.05) is 13.2 Å². The third-order valence-electron chi connectivity index (χ3n) is 15.3. The van der Waals surface area contributed by atoms with Gasteiger partial charge in [-0.15, -0.1) is 0 Å². The summed E-state index contributed by atoms with van der Waals surface area (Å²) < 4.78 is 11.2. The van der Waals surface area contributed by atoms with Gasteiger partial charge < -0.3 is 50.5 Å².